The third kappa shape index (κ3) is 5.46. The molecule has 9 heteroatoms. The Morgan fingerprint density at radius 1 is 1.21 bits per heavy atom. The Hall–Kier alpha value is -3.07. The summed E-state index contributed by atoms with van der Waals surface area (Å²) in [7, 11) is -3.57. The zero-order valence-electron chi connectivity index (χ0n) is 15.7. The van der Waals surface area contributed by atoms with Crippen molar-refractivity contribution in [2.24, 2.45) is 5.10 Å². The molecule has 0 aliphatic carbocycles. The first-order valence-corrected chi connectivity index (χ1v) is 10.3. The van der Waals surface area contributed by atoms with E-state index in [1.165, 1.54) is 18.3 Å². The van der Waals surface area contributed by atoms with Crippen LogP contribution < -0.4 is 19.7 Å². The van der Waals surface area contributed by atoms with Crippen LogP contribution in [0.25, 0.3) is 0 Å². The maximum absolute atomic E-state index is 12.0. The van der Waals surface area contributed by atoms with Crippen LogP contribution >= 0.6 is 0 Å². The highest BCUT2D eigenvalue weighted by molar-refractivity contribution is 7.86. The third-order valence-electron chi connectivity index (χ3n) is 3.83. The van der Waals surface area contributed by atoms with Gasteiger partial charge in [-0.3, -0.25) is 0 Å². The highest BCUT2D eigenvalue weighted by Gasteiger charge is 2.29. The fourth-order valence-corrected chi connectivity index (χ4v) is 3.26. The van der Waals surface area contributed by atoms with E-state index in [4.69, 9.17) is 8.92 Å². The molecule has 1 aliphatic rings. The van der Waals surface area contributed by atoms with Gasteiger partial charge in [0.15, 0.2) is 0 Å². The first kappa shape index (κ1) is 19.7. The average molecular weight is 403 g/mol. The molecule has 2 N–H and O–H groups in total. The van der Waals surface area contributed by atoms with Crippen molar-refractivity contribution in [1.82, 2.24) is 5.43 Å². The number of carbonyl (C=O) groups excluding carboxylic acids is 1. The second-order valence-corrected chi connectivity index (χ2v) is 8.62. The summed E-state index contributed by atoms with van der Waals surface area (Å²) < 4.78 is 32.7. The number of hydrogen-bond acceptors (Lipinski definition) is 6. The molecule has 0 fully saturated rings. The summed E-state index contributed by atoms with van der Waals surface area (Å²) in [5, 5.41) is 6.58. The summed E-state index contributed by atoms with van der Waals surface area (Å²) >= 11 is 0. The number of nitrogens with zero attached hydrogens (tertiary/aromatic N) is 1. The van der Waals surface area contributed by atoms with Crippen LogP contribution in [0, 0.1) is 0 Å². The van der Waals surface area contributed by atoms with Crippen molar-refractivity contribution >= 4 is 28.1 Å². The van der Waals surface area contributed by atoms with Crippen molar-refractivity contribution < 1.29 is 22.1 Å². The maximum Gasteiger partial charge on any atom is 0.339 e. The van der Waals surface area contributed by atoms with Gasteiger partial charge in [-0.2, -0.15) is 13.5 Å². The summed E-state index contributed by atoms with van der Waals surface area (Å²) in [5.41, 5.74) is 4.49. The normalized spacial score (nSPS) is 15.0. The average Bonchev–Trinajstić information content (AvgIpc) is 2.88. The number of benzene rings is 2. The maximum atomic E-state index is 12.0. The van der Waals surface area contributed by atoms with Crippen molar-refractivity contribution in [2.45, 2.75) is 25.9 Å². The van der Waals surface area contributed by atoms with Crippen molar-refractivity contribution in [3.8, 4) is 11.5 Å². The van der Waals surface area contributed by atoms with Gasteiger partial charge in [-0.05, 0) is 61.9 Å². The monoisotopic (exact) mass is 403 g/mol. The molecule has 0 saturated heterocycles. The van der Waals surface area contributed by atoms with Crippen LogP contribution in [0.1, 0.15) is 25.0 Å². The van der Waals surface area contributed by atoms with Gasteiger partial charge >= 0.3 is 16.1 Å². The van der Waals surface area contributed by atoms with Crippen LogP contribution in [0.4, 0.5) is 10.5 Å². The van der Waals surface area contributed by atoms with Gasteiger partial charge in [0.25, 0.3) is 0 Å². The molecule has 0 saturated carbocycles. The lowest BCUT2D eigenvalue weighted by Crippen LogP contribution is -2.24. The van der Waals surface area contributed by atoms with E-state index in [1.807, 2.05) is 26.0 Å². The lowest BCUT2D eigenvalue weighted by molar-refractivity contribution is 0.138. The lowest BCUT2D eigenvalue weighted by atomic mass is 10.0. The van der Waals surface area contributed by atoms with Crippen molar-refractivity contribution in [3.05, 3.63) is 53.6 Å². The summed E-state index contributed by atoms with van der Waals surface area (Å²) in [4.78, 5) is 12.0. The molecule has 0 bridgehead atoms. The van der Waals surface area contributed by atoms with Crippen molar-refractivity contribution in [2.75, 3.05) is 11.6 Å². The minimum atomic E-state index is -3.57. The summed E-state index contributed by atoms with van der Waals surface area (Å²) in [5.74, 6) is 1.03. The Morgan fingerprint density at radius 2 is 1.93 bits per heavy atom. The second-order valence-electron chi connectivity index (χ2n) is 7.04. The number of hydrogen-bond donors (Lipinski definition) is 2. The highest BCUT2D eigenvalue weighted by atomic mass is 32.2. The molecule has 3 rings (SSSR count). The van der Waals surface area contributed by atoms with E-state index in [0.717, 1.165) is 24.0 Å². The second kappa shape index (κ2) is 7.51. The molecular formula is C19H21N3O5S. The van der Waals surface area contributed by atoms with Crippen LogP contribution in [0.5, 0.6) is 11.5 Å². The molecule has 1 aliphatic heterocycles. The van der Waals surface area contributed by atoms with Gasteiger partial charge in [0.2, 0.25) is 0 Å². The number of nitrogens with one attached hydrogen (secondary N) is 2. The number of rotatable bonds is 5. The predicted molar refractivity (Wildman–Crippen MR) is 107 cm³/mol. The fourth-order valence-electron chi connectivity index (χ4n) is 2.80. The van der Waals surface area contributed by atoms with Crippen molar-refractivity contribution in [1.29, 1.82) is 0 Å². The Labute approximate surface area is 163 Å². The topological polar surface area (TPSA) is 106 Å². The van der Waals surface area contributed by atoms with Crippen LogP contribution in [0.2, 0.25) is 0 Å². The van der Waals surface area contributed by atoms with Crippen LogP contribution in [0.15, 0.2) is 47.6 Å². The predicted octanol–water partition coefficient (Wildman–Crippen LogP) is 2.89. The minimum Gasteiger partial charge on any atom is -0.487 e. The summed E-state index contributed by atoms with van der Waals surface area (Å²) in [6.07, 6.45) is 3.18. The third-order valence-corrected chi connectivity index (χ3v) is 4.32. The molecule has 2 aromatic carbocycles. The summed E-state index contributed by atoms with van der Waals surface area (Å²) in [6.45, 7) is 4.03. The molecular weight excluding hydrogens is 382 g/mol. The van der Waals surface area contributed by atoms with E-state index in [1.54, 1.807) is 18.2 Å². The van der Waals surface area contributed by atoms with E-state index < -0.39 is 16.1 Å². The Kier molecular flexibility index (Phi) is 5.28. The standard InChI is InChI=1S/C19H21N3O5S/c1-19(2)11-14-10-15(6-9-17(14)26-19)21-18(23)22-20-12-13-4-7-16(8-5-13)27-28(3,24)25/h4-10,12H,11H2,1-3H3,(H2,21,22,23)/b20-12+. The van der Waals surface area contributed by atoms with E-state index in [0.29, 0.717) is 11.3 Å². The Morgan fingerprint density at radius 3 is 2.61 bits per heavy atom. The van der Waals surface area contributed by atoms with E-state index in [2.05, 4.69) is 15.8 Å². The Balaban J connectivity index is 1.53. The van der Waals surface area contributed by atoms with Gasteiger partial charge in [-0.1, -0.05) is 0 Å². The first-order valence-electron chi connectivity index (χ1n) is 8.51. The number of anilines is 1. The SMILES string of the molecule is CC1(C)Cc2cc(NC(=O)N/N=C/c3ccc(OS(C)(=O)=O)cc3)ccc2O1. The number of urea groups is 1. The molecule has 2 amide bonds. The molecule has 28 heavy (non-hydrogen) atoms. The van der Waals surface area contributed by atoms with Gasteiger partial charge in [-0.25, -0.2) is 10.2 Å². The zero-order valence-corrected chi connectivity index (χ0v) is 16.5. The minimum absolute atomic E-state index is 0.203. The van der Waals surface area contributed by atoms with Gasteiger partial charge in [0.1, 0.15) is 17.1 Å². The number of fused-ring (bicyclic) bond motifs is 1. The quantitative estimate of drug-likeness (QED) is 0.454. The Bertz CT molecular complexity index is 1010. The van der Waals surface area contributed by atoms with E-state index >= 15 is 0 Å². The molecule has 1 heterocycles. The molecule has 0 aromatic heterocycles. The molecule has 2 aromatic rings. The molecule has 0 atom stereocenters. The number of amides is 2. The molecule has 148 valence electrons. The zero-order chi connectivity index (χ0) is 20.4. The van der Waals surface area contributed by atoms with Gasteiger partial charge in [0, 0.05) is 17.7 Å². The molecule has 8 nitrogen and oxygen atoms in total. The molecule has 0 unspecified atom stereocenters. The van der Waals surface area contributed by atoms with E-state index in [-0.39, 0.29) is 11.4 Å². The number of carbonyl (C=O) groups is 1. The van der Waals surface area contributed by atoms with Crippen LogP contribution in [0.3, 0.4) is 0 Å². The fraction of sp³-hybridized carbons (Fsp3) is 0.263. The lowest BCUT2D eigenvalue weighted by Gasteiger charge is -2.16. The van der Waals surface area contributed by atoms with Gasteiger partial charge in [0.05, 0.1) is 12.5 Å². The smallest absolute Gasteiger partial charge is 0.339 e. The van der Waals surface area contributed by atoms with Gasteiger partial charge < -0.3 is 14.2 Å². The first-order chi connectivity index (χ1) is 13.1. The van der Waals surface area contributed by atoms with Crippen LogP contribution in [-0.2, 0) is 16.5 Å². The number of ether oxygens (including phenoxy) is 1. The number of hydrazone groups is 1. The largest absolute Gasteiger partial charge is 0.487 e. The molecule has 0 spiro atoms. The summed E-state index contributed by atoms with van der Waals surface area (Å²) in [6, 6.07) is 11.2. The van der Waals surface area contributed by atoms with Crippen LogP contribution in [-0.4, -0.2) is 32.5 Å². The van der Waals surface area contributed by atoms with Gasteiger partial charge in [-0.15, -0.1) is 0 Å². The van der Waals surface area contributed by atoms with E-state index in [9.17, 15) is 13.2 Å². The highest BCUT2D eigenvalue weighted by Crippen LogP contribution is 2.36. The molecule has 0 radical (unpaired) electrons. The van der Waals surface area contributed by atoms with Crippen molar-refractivity contribution in [3.63, 3.8) is 0 Å².